The van der Waals surface area contributed by atoms with E-state index < -0.39 is 5.97 Å². The van der Waals surface area contributed by atoms with E-state index in [1.54, 1.807) is 0 Å². The van der Waals surface area contributed by atoms with Crippen LogP contribution >= 0.6 is 11.6 Å². The maximum Gasteiger partial charge on any atom is 0.303 e. The van der Waals surface area contributed by atoms with Gasteiger partial charge in [0, 0.05) is 23.9 Å². The van der Waals surface area contributed by atoms with E-state index in [1.807, 2.05) is 24.3 Å². The Morgan fingerprint density at radius 1 is 1.47 bits per heavy atom. The molecule has 0 aliphatic carbocycles. The van der Waals surface area contributed by atoms with Crippen molar-refractivity contribution in [1.82, 2.24) is 5.32 Å². The van der Waals surface area contributed by atoms with Crippen LogP contribution < -0.4 is 5.32 Å². The van der Waals surface area contributed by atoms with Crippen LogP contribution in [0.25, 0.3) is 0 Å². The van der Waals surface area contributed by atoms with Crippen LogP contribution in [0.1, 0.15) is 24.3 Å². The topological polar surface area (TPSA) is 49.3 Å². The first-order chi connectivity index (χ1) is 8.18. The summed E-state index contributed by atoms with van der Waals surface area (Å²) >= 11 is 6.18. The summed E-state index contributed by atoms with van der Waals surface area (Å²) in [5.41, 5.74) is 1.06. The number of carboxylic acid groups (broad SMARTS) is 1. The quantitative estimate of drug-likeness (QED) is 0.870. The maximum absolute atomic E-state index is 10.9. The van der Waals surface area contributed by atoms with Crippen LogP contribution in [0.15, 0.2) is 24.3 Å². The Morgan fingerprint density at radius 3 is 2.94 bits per heavy atom. The summed E-state index contributed by atoms with van der Waals surface area (Å²) in [5, 5.41) is 13.0. The van der Waals surface area contributed by atoms with E-state index in [4.69, 9.17) is 16.7 Å². The van der Waals surface area contributed by atoms with Crippen molar-refractivity contribution in [2.75, 3.05) is 13.1 Å². The molecule has 2 rings (SSSR count). The number of benzene rings is 1. The molecule has 3 nitrogen and oxygen atoms in total. The minimum Gasteiger partial charge on any atom is -0.481 e. The van der Waals surface area contributed by atoms with Gasteiger partial charge in [-0.05, 0) is 30.5 Å². The lowest BCUT2D eigenvalue weighted by molar-refractivity contribution is -0.138. The van der Waals surface area contributed by atoms with Crippen LogP contribution in [0.3, 0.4) is 0 Å². The number of carbonyl (C=O) groups is 1. The molecule has 0 radical (unpaired) electrons. The lowest BCUT2D eigenvalue weighted by atomic mass is 9.79. The van der Waals surface area contributed by atoms with Gasteiger partial charge in [0.25, 0.3) is 0 Å². The Bertz CT molecular complexity index is 408. The summed E-state index contributed by atoms with van der Waals surface area (Å²) in [6.45, 7) is 1.70. The summed E-state index contributed by atoms with van der Waals surface area (Å²) < 4.78 is 0. The second-order valence-electron chi connectivity index (χ2n) is 4.48. The number of rotatable bonds is 3. The highest BCUT2D eigenvalue weighted by Crippen LogP contribution is 2.35. The van der Waals surface area contributed by atoms with Crippen molar-refractivity contribution in [3.8, 4) is 0 Å². The monoisotopic (exact) mass is 253 g/mol. The molecule has 4 heteroatoms. The summed E-state index contributed by atoms with van der Waals surface area (Å²) in [6, 6.07) is 7.71. The molecule has 1 aromatic carbocycles. The van der Waals surface area contributed by atoms with E-state index in [1.165, 1.54) is 0 Å². The SMILES string of the molecule is O=C(O)CC1CCNCC1c1ccccc1Cl. The zero-order valence-electron chi connectivity index (χ0n) is 9.53. The zero-order chi connectivity index (χ0) is 12.3. The highest BCUT2D eigenvalue weighted by molar-refractivity contribution is 6.31. The van der Waals surface area contributed by atoms with Gasteiger partial charge in [0.15, 0.2) is 0 Å². The van der Waals surface area contributed by atoms with Crippen molar-refractivity contribution in [2.24, 2.45) is 5.92 Å². The minimum atomic E-state index is -0.728. The van der Waals surface area contributed by atoms with Crippen molar-refractivity contribution in [3.63, 3.8) is 0 Å². The number of nitrogens with one attached hydrogen (secondary N) is 1. The standard InChI is InChI=1S/C13H16ClNO2/c14-12-4-2-1-3-10(12)11-8-15-6-5-9(11)7-13(16)17/h1-4,9,11,15H,5-8H2,(H,16,17). The van der Waals surface area contributed by atoms with Gasteiger partial charge in [-0.2, -0.15) is 0 Å². The van der Waals surface area contributed by atoms with E-state index in [2.05, 4.69) is 5.32 Å². The molecule has 2 N–H and O–H groups in total. The first-order valence-corrected chi connectivity index (χ1v) is 6.23. The van der Waals surface area contributed by atoms with Gasteiger partial charge in [0.1, 0.15) is 0 Å². The van der Waals surface area contributed by atoms with Gasteiger partial charge < -0.3 is 10.4 Å². The predicted molar refractivity (Wildman–Crippen MR) is 67.4 cm³/mol. The van der Waals surface area contributed by atoms with E-state index in [0.29, 0.717) is 0 Å². The fraction of sp³-hybridized carbons (Fsp3) is 0.462. The van der Waals surface area contributed by atoms with Crippen LogP contribution in [0.2, 0.25) is 5.02 Å². The normalized spacial score (nSPS) is 24.5. The van der Waals surface area contributed by atoms with Crippen molar-refractivity contribution >= 4 is 17.6 Å². The number of piperidine rings is 1. The molecular formula is C13H16ClNO2. The van der Waals surface area contributed by atoms with Crippen LogP contribution in [0.5, 0.6) is 0 Å². The zero-order valence-corrected chi connectivity index (χ0v) is 10.3. The van der Waals surface area contributed by atoms with Crippen molar-refractivity contribution < 1.29 is 9.90 Å². The first-order valence-electron chi connectivity index (χ1n) is 5.85. The molecule has 0 aromatic heterocycles. The highest BCUT2D eigenvalue weighted by Gasteiger charge is 2.29. The average molecular weight is 254 g/mol. The van der Waals surface area contributed by atoms with Gasteiger partial charge in [-0.25, -0.2) is 0 Å². The smallest absolute Gasteiger partial charge is 0.303 e. The molecule has 1 heterocycles. The highest BCUT2D eigenvalue weighted by atomic mass is 35.5. The molecule has 1 aliphatic heterocycles. The number of halogens is 1. The molecule has 0 saturated carbocycles. The largest absolute Gasteiger partial charge is 0.481 e. The number of carboxylic acids is 1. The Balaban J connectivity index is 2.21. The van der Waals surface area contributed by atoms with Gasteiger partial charge in [0.2, 0.25) is 0 Å². The summed E-state index contributed by atoms with van der Waals surface area (Å²) in [5.74, 6) is -0.351. The number of hydrogen-bond donors (Lipinski definition) is 2. The fourth-order valence-corrected chi connectivity index (χ4v) is 2.80. The third-order valence-electron chi connectivity index (χ3n) is 3.37. The molecule has 0 spiro atoms. The molecule has 0 bridgehead atoms. The van der Waals surface area contributed by atoms with E-state index in [9.17, 15) is 4.79 Å². The molecule has 1 aliphatic rings. The van der Waals surface area contributed by atoms with Crippen molar-refractivity contribution in [3.05, 3.63) is 34.9 Å². The molecule has 1 aromatic rings. The Labute approximate surface area is 106 Å². The molecule has 2 atom stereocenters. The molecular weight excluding hydrogens is 238 g/mol. The second kappa shape index (κ2) is 5.52. The second-order valence-corrected chi connectivity index (χ2v) is 4.89. The molecule has 17 heavy (non-hydrogen) atoms. The molecule has 0 amide bonds. The Hall–Kier alpha value is -1.06. The van der Waals surface area contributed by atoms with E-state index in [0.717, 1.165) is 30.1 Å². The summed E-state index contributed by atoms with van der Waals surface area (Å²) in [6.07, 6.45) is 1.11. The lowest BCUT2D eigenvalue weighted by Crippen LogP contribution is -2.36. The summed E-state index contributed by atoms with van der Waals surface area (Å²) in [4.78, 5) is 10.9. The number of hydrogen-bond acceptors (Lipinski definition) is 2. The van der Waals surface area contributed by atoms with Gasteiger partial charge in [-0.15, -0.1) is 0 Å². The third kappa shape index (κ3) is 2.99. The Kier molecular flexibility index (Phi) is 4.02. The predicted octanol–water partition coefficient (Wildman–Crippen LogP) is 2.51. The molecule has 1 fully saturated rings. The van der Waals surface area contributed by atoms with Crippen LogP contribution in [-0.2, 0) is 4.79 Å². The molecule has 92 valence electrons. The van der Waals surface area contributed by atoms with Crippen LogP contribution in [0, 0.1) is 5.92 Å². The van der Waals surface area contributed by atoms with Crippen LogP contribution in [-0.4, -0.2) is 24.2 Å². The maximum atomic E-state index is 10.9. The molecule has 2 unspecified atom stereocenters. The number of aliphatic carboxylic acids is 1. The van der Waals surface area contributed by atoms with Gasteiger partial charge in [-0.3, -0.25) is 4.79 Å². The van der Waals surface area contributed by atoms with Crippen LogP contribution in [0.4, 0.5) is 0 Å². The molecule has 1 saturated heterocycles. The van der Waals surface area contributed by atoms with Gasteiger partial charge in [-0.1, -0.05) is 29.8 Å². The Morgan fingerprint density at radius 2 is 2.24 bits per heavy atom. The van der Waals surface area contributed by atoms with Gasteiger partial charge >= 0.3 is 5.97 Å². The summed E-state index contributed by atoms with van der Waals surface area (Å²) in [7, 11) is 0. The van der Waals surface area contributed by atoms with Crippen molar-refractivity contribution in [1.29, 1.82) is 0 Å². The van der Waals surface area contributed by atoms with Gasteiger partial charge in [0.05, 0.1) is 0 Å². The minimum absolute atomic E-state index is 0.175. The third-order valence-corrected chi connectivity index (χ3v) is 3.71. The van der Waals surface area contributed by atoms with E-state index in [-0.39, 0.29) is 18.3 Å². The first kappa shape index (κ1) is 12.4. The fourth-order valence-electron chi connectivity index (χ4n) is 2.52. The van der Waals surface area contributed by atoms with E-state index >= 15 is 0 Å². The van der Waals surface area contributed by atoms with Crippen molar-refractivity contribution in [2.45, 2.75) is 18.8 Å². The average Bonchev–Trinajstić information content (AvgIpc) is 2.30. The lowest BCUT2D eigenvalue weighted by Gasteiger charge is -2.32.